The fourth-order valence-electron chi connectivity index (χ4n) is 3.29. The lowest BCUT2D eigenvalue weighted by Crippen LogP contribution is -2.36. The summed E-state index contributed by atoms with van der Waals surface area (Å²) in [6.07, 6.45) is 0. The molecular weight excluding hydrogens is 364 g/mol. The first kappa shape index (κ1) is 19.0. The van der Waals surface area contributed by atoms with Gasteiger partial charge in [0.2, 0.25) is 0 Å². The largest absolute Gasteiger partial charge is 0.489 e. The number of hydrogen-bond acceptors (Lipinski definition) is 4. The number of para-hydroxylation sites is 3. The fourth-order valence-corrected chi connectivity index (χ4v) is 3.29. The van der Waals surface area contributed by atoms with Crippen LogP contribution in [0.25, 0.3) is 0 Å². The molecule has 5 nitrogen and oxygen atoms in total. The van der Waals surface area contributed by atoms with Crippen molar-refractivity contribution in [2.45, 2.75) is 6.61 Å². The fraction of sp³-hybridized carbons (Fsp3) is 0.208. The van der Waals surface area contributed by atoms with Gasteiger partial charge < -0.3 is 19.7 Å². The average Bonchev–Trinajstić information content (AvgIpc) is 2.80. The van der Waals surface area contributed by atoms with Crippen molar-refractivity contribution >= 4 is 17.3 Å². The minimum atomic E-state index is -0.124. The summed E-state index contributed by atoms with van der Waals surface area (Å²) in [5, 5.41) is 3.05. The maximum absolute atomic E-state index is 12.8. The zero-order chi connectivity index (χ0) is 19.9. The molecule has 0 aromatic heterocycles. The van der Waals surface area contributed by atoms with E-state index in [0.29, 0.717) is 25.4 Å². The lowest BCUT2D eigenvalue weighted by molar-refractivity contribution is 0.102. The van der Waals surface area contributed by atoms with Gasteiger partial charge in [-0.05, 0) is 42.0 Å². The lowest BCUT2D eigenvalue weighted by Gasteiger charge is -2.30. The molecule has 3 aromatic carbocycles. The summed E-state index contributed by atoms with van der Waals surface area (Å²) >= 11 is 0. The second-order valence-corrected chi connectivity index (χ2v) is 6.87. The maximum Gasteiger partial charge on any atom is 0.255 e. The topological polar surface area (TPSA) is 50.8 Å². The highest BCUT2D eigenvalue weighted by Gasteiger charge is 2.16. The summed E-state index contributed by atoms with van der Waals surface area (Å²) in [5.41, 5.74) is 3.47. The first-order valence-corrected chi connectivity index (χ1v) is 9.79. The van der Waals surface area contributed by atoms with Gasteiger partial charge in [-0.15, -0.1) is 0 Å². The molecule has 1 aliphatic heterocycles. The molecule has 0 radical (unpaired) electrons. The quantitative estimate of drug-likeness (QED) is 0.682. The van der Waals surface area contributed by atoms with E-state index in [9.17, 15) is 4.79 Å². The minimum absolute atomic E-state index is 0.124. The normalized spacial score (nSPS) is 13.7. The summed E-state index contributed by atoms with van der Waals surface area (Å²) in [4.78, 5) is 15.0. The highest BCUT2D eigenvalue weighted by molar-refractivity contribution is 6.06. The number of benzene rings is 3. The van der Waals surface area contributed by atoms with Gasteiger partial charge >= 0.3 is 0 Å². The van der Waals surface area contributed by atoms with Gasteiger partial charge in [0.05, 0.1) is 24.6 Å². The third-order valence-electron chi connectivity index (χ3n) is 4.87. The number of nitrogens with zero attached hydrogens (tertiary/aromatic N) is 1. The predicted molar refractivity (Wildman–Crippen MR) is 115 cm³/mol. The number of rotatable bonds is 6. The predicted octanol–water partition coefficient (Wildman–Crippen LogP) is 4.35. The summed E-state index contributed by atoms with van der Waals surface area (Å²) < 4.78 is 11.2. The van der Waals surface area contributed by atoms with Crippen LogP contribution in [0.1, 0.15) is 15.9 Å². The molecule has 0 unspecified atom stereocenters. The Kier molecular flexibility index (Phi) is 6.07. The van der Waals surface area contributed by atoms with E-state index >= 15 is 0 Å². The SMILES string of the molecule is O=C(Nc1ccccc1N1CCOCC1)c1ccc(COc2ccccc2)cc1. The third kappa shape index (κ3) is 4.95. The van der Waals surface area contributed by atoms with Gasteiger partial charge in [0.1, 0.15) is 12.4 Å². The van der Waals surface area contributed by atoms with Crippen LogP contribution in [0.15, 0.2) is 78.9 Å². The Balaban J connectivity index is 1.40. The monoisotopic (exact) mass is 388 g/mol. The Morgan fingerprint density at radius 1 is 0.897 bits per heavy atom. The Morgan fingerprint density at radius 2 is 1.59 bits per heavy atom. The second kappa shape index (κ2) is 9.26. The van der Waals surface area contributed by atoms with Gasteiger partial charge in [0.25, 0.3) is 5.91 Å². The number of hydrogen-bond donors (Lipinski definition) is 1. The van der Waals surface area contributed by atoms with E-state index < -0.39 is 0 Å². The molecular formula is C24H24N2O3. The Hall–Kier alpha value is -3.31. The van der Waals surface area contributed by atoms with Crippen molar-refractivity contribution in [3.63, 3.8) is 0 Å². The number of nitrogens with one attached hydrogen (secondary N) is 1. The molecule has 1 heterocycles. The van der Waals surface area contributed by atoms with Crippen LogP contribution in [0.3, 0.4) is 0 Å². The summed E-state index contributed by atoms with van der Waals surface area (Å²) in [6.45, 7) is 3.52. The van der Waals surface area contributed by atoms with Gasteiger partial charge in [0.15, 0.2) is 0 Å². The third-order valence-corrected chi connectivity index (χ3v) is 4.87. The molecule has 0 saturated carbocycles. The van der Waals surface area contributed by atoms with Crippen LogP contribution in [-0.4, -0.2) is 32.2 Å². The first-order chi connectivity index (χ1) is 14.3. The number of carbonyl (C=O) groups is 1. The molecule has 4 rings (SSSR count). The van der Waals surface area contributed by atoms with Gasteiger partial charge in [-0.1, -0.05) is 42.5 Å². The number of carbonyl (C=O) groups excluding carboxylic acids is 1. The molecule has 29 heavy (non-hydrogen) atoms. The van der Waals surface area contributed by atoms with E-state index in [4.69, 9.17) is 9.47 Å². The van der Waals surface area contributed by atoms with Crippen molar-refractivity contribution < 1.29 is 14.3 Å². The molecule has 1 saturated heterocycles. The first-order valence-electron chi connectivity index (χ1n) is 9.79. The maximum atomic E-state index is 12.8. The van der Waals surface area contributed by atoms with Crippen molar-refractivity contribution in [2.24, 2.45) is 0 Å². The molecule has 1 fully saturated rings. The van der Waals surface area contributed by atoms with Gasteiger partial charge in [0, 0.05) is 18.7 Å². The van der Waals surface area contributed by atoms with E-state index in [1.165, 1.54) is 0 Å². The highest BCUT2D eigenvalue weighted by atomic mass is 16.5. The number of anilines is 2. The smallest absolute Gasteiger partial charge is 0.255 e. The van der Waals surface area contributed by atoms with E-state index in [-0.39, 0.29) is 5.91 Å². The van der Waals surface area contributed by atoms with Crippen molar-refractivity contribution in [3.05, 3.63) is 90.0 Å². The van der Waals surface area contributed by atoms with E-state index in [2.05, 4.69) is 10.2 Å². The lowest BCUT2D eigenvalue weighted by atomic mass is 10.1. The minimum Gasteiger partial charge on any atom is -0.489 e. The van der Waals surface area contributed by atoms with E-state index in [1.807, 2.05) is 78.9 Å². The average molecular weight is 388 g/mol. The molecule has 0 spiro atoms. The molecule has 148 valence electrons. The molecule has 3 aromatic rings. The van der Waals surface area contributed by atoms with Crippen LogP contribution >= 0.6 is 0 Å². The summed E-state index contributed by atoms with van der Waals surface area (Å²) in [5.74, 6) is 0.704. The summed E-state index contributed by atoms with van der Waals surface area (Å²) in [6, 6.07) is 25.1. The van der Waals surface area contributed by atoms with Gasteiger partial charge in [-0.3, -0.25) is 4.79 Å². The van der Waals surface area contributed by atoms with Crippen LogP contribution in [0.4, 0.5) is 11.4 Å². The van der Waals surface area contributed by atoms with Crippen molar-refractivity contribution in [2.75, 3.05) is 36.5 Å². The van der Waals surface area contributed by atoms with Crippen LogP contribution in [-0.2, 0) is 11.3 Å². The van der Waals surface area contributed by atoms with Gasteiger partial charge in [-0.2, -0.15) is 0 Å². The van der Waals surface area contributed by atoms with Gasteiger partial charge in [-0.25, -0.2) is 0 Å². The van der Waals surface area contributed by atoms with E-state index in [0.717, 1.165) is 35.8 Å². The molecule has 1 aliphatic rings. The zero-order valence-electron chi connectivity index (χ0n) is 16.2. The van der Waals surface area contributed by atoms with Crippen molar-refractivity contribution in [1.82, 2.24) is 0 Å². The molecule has 1 N–H and O–H groups in total. The van der Waals surface area contributed by atoms with E-state index in [1.54, 1.807) is 0 Å². The highest BCUT2D eigenvalue weighted by Crippen LogP contribution is 2.27. The Morgan fingerprint density at radius 3 is 2.34 bits per heavy atom. The van der Waals surface area contributed by atoms with Crippen LogP contribution in [0, 0.1) is 0 Å². The standard InChI is InChI=1S/C24H24N2O3/c27-24(25-22-8-4-5-9-23(22)26-14-16-28-17-15-26)20-12-10-19(11-13-20)18-29-21-6-2-1-3-7-21/h1-13H,14-18H2,(H,25,27). The van der Waals surface area contributed by atoms with Crippen molar-refractivity contribution in [3.8, 4) is 5.75 Å². The van der Waals surface area contributed by atoms with Crippen LogP contribution < -0.4 is 15.0 Å². The number of morpholine rings is 1. The number of amides is 1. The number of ether oxygens (including phenoxy) is 2. The van der Waals surface area contributed by atoms with Crippen LogP contribution in [0.2, 0.25) is 0 Å². The molecule has 0 bridgehead atoms. The Bertz CT molecular complexity index is 936. The summed E-state index contributed by atoms with van der Waals surface area (Å²) in [7, 11) is 0. The molecule has 0 atom stereocenters. The molecule has 1 amide bonds. The van der Waals surface area contributed by atoms with Crippen LogP contribution in [0.5, 0.6) is 5.75 Å². The molecule has 0 aliphatic carbocycles. The zero-order valence-corrected chi connectivity index (χ0v) is 16.2. The second-order valence-electron chi connectivity index (χ2n) is 6.87. The molecule has 5 heteroatoms. The Labute approximate surface area is 170 Å². The van der Waals surface area contributed by atoms with Crippen molar-refractivity contribution in [1.29, 1.82) is 0 Å².